The van der Waals surface area contributed by atoms with Crippen molar-refractivity contribution >= 4 is 33.8 Å². The minimum absolute atomic E-state index is 0.360. The summed E-state index contributed by atoms with van der Waals surface area (Å²) < 4.78 is 9.28. The predicted octanol–water partition coefficient (Wildman–Crippen LogP) is 3.89. The molecule has 0 atom stereocenters. The number of imidazole rings is 1. The Morgan fingerprint density at radius 1 is 1.07 bits per heavy atom. The first-order chi connectivity index (χ1) is 13.3. The largest absolute Gasteiger partial charge is 0.330 e. The van der Waals surface area contributed by atoms with E-state index in [0.717, 1.165) is 35.2 Å². The van der Waals surface area contributed by atoms with Crippen molar-refractivity contribution in [2.75, 3.05) is 0 Å². The summed E-state index contributed by atoms with van der Waals surface area (Å²) in [6, 6.07) is 7.88. The van der Waals surface area contributed by atoms with Gasteiger partial charge in [-0.2, -0.15) is 4.98 Å². The zero-order valence-electron chi connectivity index (χ0n) is 14.2. The van der Waals surface area contributed by atoms with E-state index in [2.05, 4.69) is 25.3 Å². The van der Waals surface area contributed by atoms with Crippen molar-refractivity contribution in [2.45, 2.75) is 31.6 Å². The van der Waals surface area contributed by atoms with Crippen molar-refractivity contribution < 1.29 is 4.52 Å². The van der Waals surface area contributed by atoms with E-state index in [1.807, 2.05) is 33.1 Å². The molecule has 134 valence electrons. The van der Waals surface area contributed by atoms with Gasteiger partial charge in [0.25, 0.3) is 5.89 Å². The zero-order chi connectivity index (χ0) is 18.0. The Balaban J connectivity index is 1.65. The number of rotatable bonds is 2. The zero-order valence-corrected chi connectivity index (χ0v) is 15.0. The van der Waals surface area contributed by atoms with E-state index >= 15 is 0 Å². The van der Waals surface area contributed by atoms with Crippen molar-refractivity contribution in [2.24, 2.45) is 0 Å². The standard InChI is InChI=1S/C18H14ClN7O/c19-18-20-9-13-25(18)12-8-4-3-7-11(12)15-22-23-16(26(13)15)17-21-14(24-27-17)10-5-1-2-6-10/h3-4,7-10H,1-2,5-6H2. The molecule has 0 saturated heterocycles. The van der Waals surface area contributed by atoms with Crippen LogP contribution >= 0.6 is 11.6 Å². The monoisotopic (exact) mass is 379 g/mol. The van der Waals surface area contributed by atoms with Crippen LogP contribution in [0.3, 0.4) is 0 Å². The number of hydrogen-bond donors (Lipinski definition) is 0. The lowest BCUT2D eigenvalue weighted by Crippen LogP contribution is -1.99. The van der Waals surface area contributed by atoms with Gasteiger partial charge in [-0.25, -0.2) is 4.98 Å². The van der Waals surface area contributed by atoms with Crippen molar-refractivity contribution in [3.63, 3.8) is 0 Å². The molecular formula is C18H14ClN7O. The lowest BCUT2D eigenvalue weighted by atomic mass is 10.1. The molecule has 1 aliphatic rings. The van der Waals surface area contributed by atoms with Crippen LogP contribution in [0.1, 0.15) is 37.4 Å². The van der Waals surface area contributed by atoms with Crippen LogP contribution < -0.4 is 0 Å². The molecule has 4 heterocycles. The van der Waals surface area contributed by atoms with E-state index in [1.165, 1.54) is 12.8 Å². The lowest BCUT2D eigenvalue weighted by Gasteiger charge is -2.06. The van der Waals surface area contributed by atoms with Gasteiger partial charge in [0, 0.05) is 11.3 Å². The van der Waals surface area contributed by atoms with Crippen LogP contribution in [0.2, 0.25) is 5.28 Å². The first kappa shape index (κ1) is 15.1. The van der Waals surface area contributed by atoms with Crippen molar-refractivity contribution in [1.82, 2.24) is 34.1 Å². The fourth-order valence-corrected chi connectivity index (χ4v) is 4.28. The van der Waals surface area contributed by atoms with Crippen molar-refractivity contribution in [3.05, 3.63) is 41.6 Å². The lowest BCUT2D eigenvalue weighted by molar-refractivity contribution is 0.413. The molecule has 0 radical (unpaired) electrons. The van der Waals surface area contributed by atoms with Crippen LogP contribution in [0.4, 0.5) is 0 Å². The van der Waals surface area contributed by atoms with Crippen LogP contribution in [0, 0.1) is 0 Å². The molecule has 27 heavy (non-hydrogen) atoms. The van der Waals surface area contributed by atoms with Gasteiger partial charge >= 0.3 is 0 Å². The quantitative estimate of drug-likeness (QED) is 0.462. The number of para-hydroxylation sites is 1. The molecular weight excluding hydrogens is 366 g/mol. The molecule has 1 saturated carbocycles. The molecule has 0 amide bonds. The molecule has 4 aromatic heterocycles. The molecule has 8 nitrogen and oxygen atoms in total. The molecule has 9 heteroatoms. The third-order valence-electron chi connectivity index (χ3n) is 5.33. The van der Waals surface area contributed by atoms with E-state index in [-0.39, 0.29) is 0 Å². The molecule has 0 unspecified atom stereocenters. The summed E-state index contributed by atoms with van der Waals surface area (Å²) in [6.45, 7) is 0. The Kier molecular flexibility index (Phi) is 3.07. The van der Waals surface area contributed by atoms with Crippen LogP contribution in [0.15, 0.2) is 35.0 Å². The van der Waals surface area contributed by atoms with Gasteiger partial charge in [-0.1, -0.05) is 30.1 Å². The molecule has 1 aliphatic carbocycles. The maximum absolute atomic E-state index is 6.35. The summed E-state index contributed by atoms with van der Waals surface area (Å²) >= 11 is 6.35. The molecule has 6 rings (SSSR count). The fraction of sp³-hybridized carbons (Fsp3) is 0.278. The van der Waals surface area contributed by atoms with E-state index in [1.54, 1.807) is 6.20 Å². The summed E-state index contributed by atoms with van der Waals surface area (Å²) in [5.74, 6) is 1.97. The van der Waals surface area contributed by atoms with Gasteiger partial charge < -0.3 is 4.52 Å². The van der Waals surface area contributed by atoms with Crippen LogP contribution in [0.25, 0.3) is 33.9 Å². The minimum atomic E-state index is 0.360. The molecule has 1 fully saturated rings. The van der Waals surface area contributed by atoms with Gasteiger partial charge in [0.05, 0.1) is 11.7 Å². The van der Waals surface area contributed by atoms with Gasteiger partial charge in [0.2, 0.25) is 11.1 Å². The van der Waals surface area contributed by atoms with Crippen LogP contribution in [-0.2, 0) is 0 Å². The highest BCUT2D eigenvalue weighted by atomic mass is 35.5. The number of aromatic nitrogens is 7. The van der Waals surface area contributed by atoms with E-state index in [0.29, 0.717) is 28.6 Å². The van der Waals surface area contributed by atoms with E-state index < -0.39 is 0 Å². The van der Waals surface area contributed by atoms with Crippen molar-refractivity contribution in [3.8, 4) is 11.7 Å². The van der Waals surface area contributed by atoms with E-state index in [9.17, 15) is 0 Å². The number of hydrogen-bond acceptors (Lipinski definition) is 6. The predicted molar refractivity (Wildman–Crippen MR) is 98.8 cm³/mol. The average Bonchev–Trinajstić information content (AvgIpc) is 3.46. The number of halogens is 1. The number of benzene rings is 1. The molecule has 0 bridgehead atoms. The Morgan fingerprint density at radius 2 is 1.93 bits per heavy atom. The Morgan fingerprint density at radius 3 is 2.81 bits per heavy atom. The second-order valence-electron chi connectivity index (χ2n) is 6.86. The highest BCUT2D eigenvalue weighted by Crippen LogP contribution is 2.34. The number of nitrogens with zero attached hydrogens (tertiary/aromatic N) is 7. The topological polar surface area (TPSA) is 86.4 Å². The normalized spacial score (nSPS) is 15.6. The van der Waals surface area contributed by atoms with Crippen LogP contribution in [-0.4, -0.2) is 34.1 Å². The summed E-state index contributed by atoms with van der Waals surface area (Å²) in [4.78, 5) is 8.88. The SMILES string of the molecule is Clc1ncc2n1c1ccccc1c1nnc(-c3nc(C4CCCC4)no3)n12. The van der Waals surface area contributed by atoms with Gasteiger partial charge in [0.1, 0.15) is 5.65 Å². The summed E-state index contributed by atoms with van der Waals surface area (Å²) in [7, 11) is 0. The Labute approximate surface area is 157 Å². The number of fused-ring (bicyclic) bond motifs is 6. The van der Waals surface area contributed by atoms with Gasteiger partial charge in [0.15, 0.2) is 11.5 Å². The van der Waals surface area contributed by atoms with Crippen molar-refractivity contribution in [1.29, 1.82) is 0 Å². The second-order valence-corrected chi connectivity index (χ2v) is 7.20. The van der Waals surface area contributed by atoms with Gasteiger partial charge in [-0.3, -0.25) is 8.80 Å². The molecule has 0 spiro atoms. The molecule has 0 aliphatic heterocycles. The van der Waals surface area contributed by atoms with Gasteiger partial charge in [-0.15, -0.1) is 10.2 Å². The van der Waals surface area contributed by atoms with Crippen LogP contribution in [0.5, 0.6) is 0 Å². The Bertz CT molecular complexity index is 1310. The van der Waals surface area contributed by atoms with E-state index in [4.69, 9.17) is 16.1 Å². The second kappa shape index (κ2) is 5.50. The first-order valence-electron chi connectivity index (χ1n) is 8.94. The average molecular weight is 380 g/mol. The smallest absolute Gasteiger partial charge is 0.296 e. The summed E-state index contributed by atoms with van der Waals surface area (Å²) in [6.07, 6.45) is 6.33. The molecule has 0 N–H and O–H groups in total. The molecule has 1 aromatic carbocycles. The maximum atomic E-state index is 6.35. The van der Waals surface area contributed by atoms with Gasteiger partial charge in [-0.05, 0) is 36.6 Å². The highest BCUT2D eigenvalue weighted by molar-refractivity contribution is 6.29. The Hall–Kier alpha value is -3.00. The minimum Gasteiger partial charge on any atom is -0.330 e. The third kappa shape index (κ3) is 2.07. The highest BCUT2D eigenvalue weighted by Gasteiger charge is 2.25. The molecule has 5 aromatic rings. The first-order valence-corrected chi connectivity index (χ1v) is 9.32. The third-order valence-corrected chi connectivity index (χ3v) is 5.60. The maximum Gasteiger partial charge on any atom is 0.296 e. The fourth-order valence-electron chi connectivity index (χ4n) is 4.05. The summed E-state index contributed by atoms with van der Waals surface area (Å²) in [5, 5.41) is 14.2. The summed E-state index contributed by atoms with van der Waals surface area (Å²) in [5.41, 5.74) is 2.36.